The normalized spacial score (nSPS) is 18.7. The summed E-state index contributed by atoms with van der Waals surface area (Å²) >= 11 is 0. The topological polar surface area (TPSA) is 80.3 Å². The van der Waals surface area contributed by atoms with Crippen LogP contribution in [-0.4, -0.2) is 31.8 Å². The molecule has 0 unspecified atom stereocenters. The summed E-state index contributed by atoms with van der Waals surface area (Å²) in [6, 6.07) is 6.43. The lowest BCUT2D eigenvalue weighted by Crippen LogP contribution is -2.34. The van der Waals surface area contributed by atoms with Crippen LogP contribution < -0.4 is 5.32 Å². The Balaban J connectivity index is 2.22. The summed E-state index contributed by atoms with van der Waals surface area (Å²) in [5.74, 6) is -1.21. The van der Waals surface area contributed by atoms with Crippen molar-refractivity contribution < 1.29 is 18.0 Å². The van der Waals surface area contributed by atoms with Gasteiger partial charge in [0.15, 0.2) is 9.84 Å². The van der Waals surface area contributed by atoms with E-state index in [1.54, 1.807) is 18.2 Å². The molecule has 6 heteroatoms. The predicted octanol–water partition coefficient (Wildman–Crippen LogP) is 1.46. The Labute approximate surface area is 123 Å². The molecule has 5 nitrogen and oxygen atoms in total. The molecule has 0 heterocycles. The number of rotatable bonds is 4. The van der Waals surface area contributed by atoms with E-state index in [0.29, 0.717) is 0 Å². The highest BCUT2D eigenvalue weighted by molar-refractivity contribution is 7.96. The van der Waals surface area contributed by atoms with Gasteiger partial charge in [0.05, 0.1) is 5.75 Å². The summed E-state index contributed by atoms with van der Waals surface area (Å²) in [7, 11) is -3.77. The molecule has 0 bridgehead atoms. The molecule has 21 heavy (non-hydrogen) atoms. The zero-order valence-electron chi connectivity index (χ0n) is 11.5. The smallest absolute Gasteiger partial charge is 0.211 e. The Morgan fingerprint density at radius 2 is 1.67 bits per heavy atom. The first-order valence-electron chi connectivity index (χ1n) is 6.87. The number of fused-ring (bicyclic) bond motifs is 1. The van der Waals surface area contributed by atoms with E-state index in [9.17, 15) is 18.0 Å². The number of ketones is 2. The van der Waals surface area contributed by atoms with Gasteiger partial charge in [-0.1, -0.05) is 31.2 Å². The molecule has 0 atom stereocenters. The number of Topliss-reactive ketones (excluding diaryl/α,β-unsaturated/α-hetero) is 2. The lowest BCUT2D eigenvalue weighted by Gasteiger charge is -2.21. The molecule has 1 N–H and O–H groups in total. The Bertz CT molecular complexity index is 773. The molecule has 0 aromatic heterocycles. The van der Waals surface area contributed by atoms with Crippen molar-refractivity contribution >= 4 is 21.4 Å². The van der Waals surface area contributed by atoms with Crippen LogP contribution in [0.1, 0.15) is 40.5 Å². The lowest BCUT2D eigenvalue weighted by atomic mass is 9.92. The van der Waals surface area contributed by atoms with Gasteiger partial charge in [0.1, 0.15) is 10.6 Å². The van der Waals surface area contributed by atoms with Crippen LogP contribution in [0.3, 0.4) is 0 Å². The minimum atomic E-state index is -3.77. The quantitative estimate of drug-likeness (QED) is 0.911. The van der Waals surface area contributed by atoms with Crippen LogP contribution in [0.4, 0.5) is 0 Å². The molecule has 0 amide bonds. The van der Waals surface area contributed by atoms with E-state index in [1.165, 1.54) is 13.0 Å². The van der Waals surface area contributed by atoms with Gasteiger partial charge < -0.3 is 5.32 Å². The molecule has 2 aliphatic rings. The second kappa shape index (κ2) is 4.80. The van der Waals surface area contributed by atoms with Crippen molar-refractivity contribution in [1.29, 1.82) is 0 Å². The van der Waals surface area contributed by atoms with Gasteiger partial charge in [-0.2, -0.15) is 0 Å². The highest BCUT2D eigenvalue weighted by Gasteiger charge is 2.40. The van der Waals surface area contributed by atoms with E-state index < -0.39 is 21.4 Å². The van der Waals surface area contributed by atoms with Crippen molar-refractivity contribution in [2.75, 3.05) is 5.75 Å². The molecular weight excluding hydrogens is 290 g/mol. The van der Waals surface area contributed by atoms with Gasteiger partial charge in [-0.15, -0.1) is 0 Å². The van der Waals surface area contributed by atoms with Crippen molar-refractivity contribution in [3.63, 3.8) is 0 Å². The van der Waals surface area contributed by atoms with E-state index in [-0.39, 0.29) is 33.5 Å². The third-order valence-electron chi connectivity index (χ3n) is 3.69. The number of hydrogen-bond donors (Lipinski definition) is 1. The Kier molecular flexibility index (Phi) is 3.20. The van der Waals surface area contributed by atoms with Gasteiger partial charge >= 0.3 is 0 Å². The number of allylic oxidation sites excluding steroid dienone is 2. The molecular formula is C15H15NO4S. The SMILES string of the molecule is CCS(=O)(=O)C1=C(NC2CC2)C(=O)c2ccccc2C1=O. The molecule has 1 aromatic carbocycles. The molecule has 0 radical (unpaired) electrons. The van der Waals surface area contributed by atoms with E-state index in [1.807, 2.05) is 0 Å². The van der Waals surface area contributed by atoms with Crippen LogP contribution in [0, 0.1) is 0 Å². The van der Waals surface area contributed by atoms with Crippen LogP contribution in [0.25, 0.3) is 0 Å². The first-order valence-corrected chi connectivity index (χ1v) is 8.53. The molecule has 110 valence electrons. The second-order valence-electron chi connectivity index (χ2n) is 5.23. The van der Waals surface area contributed by atoms with E-state index in [4.69, 9.17) is 0 Å². The zero-order valence-corrected chi connectivity index (χ0v) is 12.4. The van der Waals surface area contributed by atoms with Gasteiger partial charge in [0.25, 0.3) is 0 Å². The minimum absolute atomic E-state index is 0.0527. The van der Waals surface area contributed by atoms with Gasteiger partial charge in [-0.3, -0.25) is 9.59 Å². The monoisotopic (exact) mass is 305 g/mol. The van der Waals surface area contributed by atoms with Crippen molar-refractivity contribution in [3.05, 3.63) is 46.0 Å². The summed E-state index contributed by atoms with van der Waals surface area (Å²) in [5.41, 5.74) is 0.375. The second-order valence-corrected chi connectivity index (χ2v) is 7.45. The van der Waals surface area contributed by atoms with Crippen LogP contribution in [0.15, 0.2) is 34.9 Å². The number of carbonyl (C=O) groups is 2. The standard InChI is InChI=1S/C15H15NO4S/c1-2-21(19,20)15-12(16-9-7-8-9)13(17)10-5-3-4-6-11(10)14(15)18/h3-6,9,16H,2,7-8H2,1H3. The molecule has 1 saturated carbocycles. The third kappa shape index (κ3) is 2.29. The predicted molar refractivity (Wildman–Crippen MR) is 77.7 cm³/mol. The van der Waals surface area contributed by atoms with Crippen LogP contribution in [-0.2, 0) is 9.84 Å². The molecule has 1 fully saturated rings. The van der Waals surface area contributed by atoms with Gasteiger partial charge in [0, 0.05) is 17.2 Å². The summed E-state index contributed by atoms with van der Waals surface area (Å²) in [6.07, 6.45) is 1.76. The highest BCUT2D eigenvalue weighted by atomic mass is 32.2. The molecule has 3 rings (SSSR count). The molecule has 1 aromatic rings. The Morgan fingerprint density at radius 3 is 2.19 bits per heavy atom. The molecule has 0 aliphatic heterocycles. The van der Waals surface area contributed by atoms with Gasteiger partial charge in [0.2, 0.25) is 11.6 Å². The van der Waals surface area contributed by atoms with Crippen molar-refractivity contribution in [1.82, 2.24) is 5.32 Å². The first-order chi connectivity index (χ1) is 9.95. The van der Waals surface area contributed by atoms with Crippen LogP contribution in [0.5, 0.6) is 0 Å². The number of benzene rings is 1. The average molecular weight is 305 g/mol. The maximum absolute atomic E-state index is 12.6. The maximum Gasteiger partial charge on any atom is 0.211 e. The van der Waals surface area contributed by atoms with E-state index in [0.717, 1.165) is 12.8 Å². The summed E-state index contributed by atoms with van der Waals surface area (Å²) in [4.78, 5) is 24.7. The fraction of sp³-hybridized carbons (Fsp3) is 0.333. The van der Waals surface area contributed by atoms with Crippen LogP contribution in [0.2, 0.25) is 0 Å². The van der Waals surface area contributed by atoms with Gasteiger partial charge in [-0.25, -0.2) is 8.42 Å². The minimum Gasteiger partial charge on any atom is -0.378 e. The van der Waals surface area contributed by atoms with E-state index >= 15 is 0 Å². The summed E-state index contributed by atoms with van der Waals surface area (Å²) in [6.45, 7) is 1.47. The highest BCUT2D eigenvalue weighted by Crippen LogP contribution is 2.31. The average Bonchev–Trinajstić information content (AvgIpc) is 3.28. The fourth-order valence-electron chi connectivity index (χ4n) is 2.36. The van der Waals surface area contributed by atoms with Crippen molar-refractivity contribution in [2.45, 2.75) is 25.8 Å². The number of nitrogens with one attached hydrogen (secondary N) is 1. The number of carbonyl (C=O) groups excluding carboxylic acids is 2. The fourth-order valence-corrected chi connectivity index (χ4v) is 3.50. The Hall–Kier alpha value is -1.95. The van der Waals surface area contributed by atoms with Crippen molar-refractivity contribution in [2.24, 2.45) is 0 Å². The summed E-state index contributed by atoms with van der Waals surface area (Å²) < 4.78 is 24.5. The zero-order chi connectivity index (χ0) is 15.2. The maximum atomic E-state index is 12.6. The van der Waals surface area contributed by atoms with Crippen LogP contribution >= 0.6 is 0 Å². The largest absolute Gasteiger partial charge is 0.378 e. The first kappa shape index (κ1) is 14.0. The Morgan fingerprint density at radius 1 is 1.10 bits per heavy atom. The third-order valence-corrected chi connectivity index (χ3v) is 5.47. The molecule has 0 spiro atoms. The van der Waals surface area contributed by atoms with Gasteiger partial charge in [-0.05, 0) is 12.8 Å². The summed E-state index contributed by atoms with van der Waals surface area (Å²) in [5, 5.41) is 2.93. The van der Waals surface area contributed by atoms with E-state index in [2.05, 4.69) is 5.32 Å². The molecule has 0 saturated heterocycles. The lowest BCUT2D eigenvalue weighted by molar-refractivity contribution is 0.0974. The van der Waals surface area contributed by atoms with Crippen molar-refractivity contribution in [3.8, 4) is 0 Å². The number of sulfone groups is 1. The number of hydrogen-bond acceptors (Lipinski definition) is 5. The molecule has 2 aliphatic carbocycles.